The first kappa shape index (κ1) is 16.4. The van der Waals surface area contributed by atoms with Gasteiger partial charge in [-0.1, -0.05) is 23.7 Å². The Morgan fingerprint density at radius 3 is 2.50 bits per heavy atom. The largest absolute Gasteiger partial charge is 0.481 e. The minimum Gasteiger partial charge on any atom is -0.481 e. The zero-order valence-corrected chi connectivity index (χ0v) is 14.0. The number of hydrogen-bond donors (Lipinski definition) is 1. The Labute approximate surface area is 136 Å². The molecule has 116 valence electrons. The van der Waals surface area contributed by atoms with Gasteiger partial charge in [-0.25, -0.2) is 0 Å². The smallest absolute Gasteiger partial charge is 0.265 e. The van der Waals surface area contributed by atoms with E-state index in [1.165, 1.54) is 0 Å². The van der Waals surface area contributed by atoms with Crippen molar-refractivity contribution in [2.45, 2.75) is 33.8 Å². The highest BCUT2D eigenvalue weighted by Crippen LogP contribution is 2.23. The standard InChI is InChI=1S/C18H20ClNO2/c1-11-5-6-12(2)16(9-11)20-18(21)14(4)22-17-8-7-15(19)10-13(17)3/h5-10,14H,1-4H3,(H,20,21). The zero-order chi connectivity index (χ0) is 16.3. The van der Waals surface area contributed by atoms with E-state index in [0.717, 1.165) is 22.4 Å². The Balaban J connectivity index is 2.07. The summed E-state index contributed by atoms with van der Waals surface area (Å²) < 4.78 is 5.73. The Kier molecular flexibility index (Phi) is 5.09. The van der Waals surface area contributed by atoms with Crippen molar-refractivity contribution in [2.75, 3.05) is 5.32 Å². The fourth-order valence-corrected chi connectivity index (χ4v) is 2.32. The maximum Gasteiger partial charge on any atom is 0.265 e. The van der Waals surface area contributed by atoms with E-state index >= 15 is 0 Å². The van der Waals surface area contributed by atoms with Crippen LogP contribution in [-0.2, 0) is 4.79 Å². The molecule has 0 bridgehead atoms. The Bertz CT molecular complexity index is 697. The molecule has 0 saturated heterocycles. The van der Waals surface area contributed by atoms with Crippen molar-refractivity contribution in [3.63, 3.8) is 0 Å². The third kappa shape index (κ3) is 4.01. The maximum atomic E-state index is 12.3. The second-order valence-corrected chi connectivity index (χ2v) is 5.91. The monoisotopic (exact) mass is 317 g/mol. The lowest BCUT2D eigenvalue weighted by Gasteiger charge is -2.17. The second-order valence-electron chi connectivity index (χ2n) is 5.48. The SMILES string of the molecule is Cc1ccc(C)c(NC(=O)C(C)Oc2ccc(Cl)cc2C)c1. The van der Waals surface area contributed by atoms with Crippen molar-refractivity contribution in [2.24, 2.45) is 0 Å². The highest BCUT2D eigenvalue weighted by molar-refractivity contribution is 6.30. The van der Waals surface area contributed by atoms with Gasteiger partial charge in [0.05, 0.1) is 0 Å². The summed E-state index contributed by atoms with van der Waals surface area (Å²) in [7, 11) is 0. The lowest BCUT2D eigenvalue weighted by atomic mass is 10.1. The third-order valence-electron chi connectivity index (χ3n) is 3.46. The Morgan fingerprint density at radius 2 is 1.82 bits per heavy atom. The van der Waals surface area contributed by atoms with Gasteiger partial charge in [0.25, 0.3) is 5.91 Å². The normalized spacial score (nSPS) is 11.9. The van der Waals surface area contributed by atoms with Crippen molar-refractivity contribution in [1.82, 2.24) is 0 Å². The summed E-state index contributed by atoms with van der Waals surface area (Å²) in [5, 5.41) is 3.56. The van der Waals surface area contributed by atoms with Gasteiger partial charge in [-0.3, -0.25) is 4.79 Å². The predicted molar refractivity (Wildman–Crippen MR) is 90.8 cm³/mol. The quantitative estimate of drug-likeness (QED) is 0.889. The molecule has 0 saturated carbocycles. The number of amides is 1. The molecule has 0 aromatic heterocycles. The fourth-order valence-electron chi connectivity index (χ4n) is 2.09. The molecular weight excluding hydrogens is 298 g/mol. The van der Waals surface area contributed by atoms with Crippen molar-refractivity contribution >= 4 is 23.2 Å². The van der Waals surface area contributed by atoms with Gasteiger partial charge in [-0.05, 0) is 68.7 Å². The molecule has 2 aromatic carbocycles. The van der Waals surface area contributed by atoms with Crippen LogP contribution >= 0.6 is 11.6 Å². The summed E-state index contributed by atoms with van der Waals surface area (Å²) in [6.07, 6.45) is -0.597. The molecule has 2 rings (SSSR count). The van der Waals surface area contributed by atoms with E-state index in [1.807, 2.05) is 45.0 Å². The van der Waals surface area contributed by atoms with Crippen LogP contribution < -0.4 is 10.1 Å². The zero-order valence-electron chi connectivity index (χ0n) is 13.2. The van der Waals surface area contributed by atoms with Crippen LogP contribution in [0.5, 0.6) is 5.75 Å². The van der Waals surface area contributed by atoms with Crippen LogP contribution in [0.1, 0.15) is 23.6 Å². The van der Waals surface area contributed by atoms with Gasteiger partial charge >= 0.3 is 0 Å². The van der Waals surface area contributed by atoms with Crippen LogP contribution in [0.4, 0.5) is 5.69 Å². The third-order valence-corrected chi connectivity index (χ3v) is 3.70. The molecule has 4 heteroatoms. The summed E-state index contributed by atoms with van der Waals surface area (Å²) in [4.78, 5) is 12.3. The number of hydrogen-bond acceptors (Lipinski definition) is 2. The fraction of sp³-hybridized carbons (Fsp3) is 0.278. The molecule has 2 aromatic rings. The van der Waals surface area contributed by atoms with Gasteiger partial charge < -0.3 is 10.1 Å². The summed E-state index contributed by atoms with van der Waals surface area (Å²) in [6.45, 7) is 7.58. The van der Waals surface area contributed by atoms with Gasteiger partial charge in [-0.2, -0.15) is 0 Å². The molecule has 0 aliphatic heterocycles. The van der Waals surface area contributed by atoms with Gasteiger partial charge in [-0.15, -0.1) is 0 Å². The van der Waals surface area contributed by atoms with E-state index in [-0.39, 0.29) is 5.91 Å². The van der Waals surface area contributed by atoms with Crippen LogP contribution in [0, 0.1) is 20.8 Å². The molecule has 3 nitrogen and oxygen atoms in total. The lowest BCUT2D eigenvalue weighted by molar-refractivity contribution is -0.122. The Morgan fingerprint density at radius 1 is 1.09 bits per heavy atom. The van der Waals surface area contributed by atoms with Gasteiger partial charge in [0.2, 0.25) is 0 Å². The molecule has 0 aliphatic carbocycles. The molecule has 1 amide bonds. The van der Waals surface area contributed by atoms with Gasteiger partial charge in [0.15, 0.2) is 6.10 Å². The van der Waals surface area contributed by atoms with E-state index in [1.54, 1.807) is 19.1 Å². The number of benzene rings is 2. The van der Waals surface area contributed by atoms with Crippen LogP contribution in [0.3, 0.4) is 0 Å². The number of nitrogens with one attached hydrogen (secondary N) is 1. The summed E-state index contributed by atoms with van der Waals surface area (Å²) in [6, 6.07) is 11.3. The topological polar surface area (TPSA) is 38.3 Å². The number of halogens is 1. The first-order chi connectivity index (χ1) is 10.4. The molecule has 1 atom stereocenters. The van der Waals surface area contributed by atoms with Crippen molar-refractivity contribution in [1.29, 1.82) is 0 Å². The number of aryl methyl sites for hydroxylation is 3. The van der Waals surface area contributed by atoms with E-state index in [2.05, 4.69) is 5.32 Å². The summed E-state index contributed by atoms with van der Waals surface area (Å²) in [5.74, 6) is 0.482. The second kappa shape index (κ2) is 6.84. The first-order valence-electron chi connectivity index (χ1n) is 7.18. The molecule has 0 fully saturated rings. The summed E-state index contributed by atoms with van der Waals surface area (Å²) >= 11 is 5.92. The molecule has 0 heterocycles. The van der Waals surface area contributed by atoms with E-state index in [9.17, 15) is 4.79 Å². The van der Waals surface area contributed by atoms with E-state index in [0.29, 0.717) is 10.8 Å². The number of carbonyl (C=O) groups excluding carboxylic acids is 1. The molecular formula is C18H20ClNO2. The molecule has 1 N–H and O–H groups in total. The highest BCUT2D eigenvalue weighted by Gasteiger charge is 2.16. The van der Waals surface area contributed by atoms with Crippen molar-refractivity contribution in [3.8, 4) is 5.75 Å². The van der Waals surface area contributed by atoms with Crippen LogP contribution in [0.25, 0.3) is 0 Å². The lowest BCUT2D eigenvalue weighted by Crippen LogP contribution is -2.30. The predicted octanol–water partition coefficient (Wildman–Crippen LogP) is 4.67. The number of rotatable bonds is 4. The number of carbonyl (C=O) groups is 1. The highest BCUT2D eigenvalue weighted by atomic mass is 35.5. The van der Waals surface area contributed by atoms with Crippen molar-refractivity contribution < 1.29 is 9.53 Å². The molecule has 22 heavy (non-hydrogen) atoms. The number of ether oxygens (including phenoxy) is 1. The molecule has 0 aliphatic rings. The van der Waals surface area contributed by atoms with E-state index in [4.69, 9.17) is 16.3 Å². The van der Waals surface area contributed by atoms with Gasteiger partial charge in [0, 0.05) is 10.7 Å². The molecule has 1 unspecified atom stereocenters. The molecule has 0 spiro atoms. The molecule has 0 radical (unpaired) electrons. The minimum atomic E-state index is -0.597. The first-order valence-corrected chi connectivity index (χ1v) is 7.55. The van der Waals surface area contributed by atoms with Crippen molar-refractivity contribution in [3.05, 3.63) is 58.1 Å². The average molecular weight is 318 g/mol. The Hall–Kier alpha value is -2.00. The van der Waals surface area contributed by atoms with E-state index < -0.39 is 6.10 Å². The minimum absolute atomic E-state index is 0.178. The maximum absolute atomic E-state index is 12.3. The number of anilines is 1. The summed E-state index contributed by atoms with van der Waals surface area (Å²) in [5.41, 5.74) is 3.84. The van der Waals surface area contributed by atoms with Gasteiger partial charge in [0.1, 0.15) is 5.75 Å². The van der Waals surface area contributed by atoms with Crippen LogP contribution in [-0.4, -0.2) is 12.0 Å². The van der Waals surface area contributed by atoms with Crippen LogP contribution in [0.15, 0.2) is 36.4 Å². The average Bonchev–Trinajstić information content (AvgIpc) is 2.45. The van der Waals surface area contributed by atoms with Crippen LogP contribution in [0.2, 0.25) is 5.02 Å².